The van der Waals surface area contributed by atoms with E-state index in [-0.39, 0.29) is 6.15 Å². The molecule has 6 aromatic carbocycles. The van der Waals surface area contributed by atoms with Crippen LogP contribution in [0.3, 0.4) is 0 Å². The number of carbonyl (C=O) groups excluding carboxylic acids is 3. The highest BCUT2D eigenvalue weighted by molar-refractivity contribution is 9.10. The fraction of sp³-hybridized carbons (Fsp3) is 0.0227. The van der Waals surface area contributed by atoms with E-state index >= 15 is 0 Å². The molecule has 0 fully saturated rings. The molecule has 0 spiro atoms. The van der Waals surface area contributed by atoms with Crippen LogP contribution in [0.15, 0.2) is 179 Å². The maximum absolute atomic E-state index is 11.8. The van der Waals surface area contributed by atoms with Gasteiger partial charge in [0.15, 0.2) is 6.29 Å². The molecule has 272 valence electrons. The van der Waals surface area contributed by atoms with Crippen LogP contribution in [0.25, 0.3) is 33.9 Å². The van der Waals surface area contributed by atoms with E-state index in [2.05, 4.69) is 67.2 Å². The number of Topliss-reactive ketones (excluding diaryl/α,β-unsaturated/α-hetero) is 2. The molecule has 0 atom stereocenters. The van der Waals surface area contributed by atoms with Crippen molar-refractivity contribution < 1.29 is 24.3 Å². The summed E-state index contributed by atoms with van der Waals surface area (Å²) in [7, 11) is 0. The van der Waals surface area contributed by atoms with Gasteiger partial charge in [-0.2, -0.15) is 0 Å². The molecular formula is C44H37Br2N3O5. The number of aromatic nitrogens is 2. The molecule has 5 N–H and O–H groups in total. The molecule has 10 heteroatoms. The van der Waals surface area contributed by atoms with Gasteiger partial charge in [0.2, 0.25) is 11.6 Å². The highest BCUT2D eigenvalue weighted by Crippen LogP contribution is 2.34. The van der Waals surface area contributed by atoms with Gasteiger partial charge in [0, 0.05) is 49.2 Å². The van der Waals surface area contributed by atoms with Crippen molar-refractivity contribution in [1.82, 2.24) is 16.1 Å². The molecule has 0 saturated carbocycles. The second-order valence-corrected chi connectivity index (χ2v) is 12.8. The molecule has 0 bridgehead atoms. The summed E-state index contributed by atoms with van der Waals surface area (Å²) >= 11 is 6.84. The molecule has 0 aliphatic carbocycles. The lowest BCUT2D eigenvalue weighted by Gasteiger charge is -2.02. The van der Waals surface area contributed by atoms with Crippen LogP contribution >= 0.6 is 31.9 Å². The molecule has 54 heavy (non-hydrogen) atoms. The summed E-state index contributed by atoms with van der Waals surface area (Å²) in [5.74, 6) is -0.904. The first-order valence-electron chi connectivity index (χ1n) is 16.2. The van der Waals surface area contributed by atoms with Gasteiger partial charge in [-0.3, -0.25) is 19.2 Å². The van der Waals surface area contributed by atoms with Crippen LogP contribution in [0.1, 0.15) is 38.0 Å². The Hall–Kier alpha value is -6.07. The maximum Gasteiger partial charge on any atom is 0.300 e. The van der Waals surface area contributed by atoms with Crippen LogP contribution in [-0.4, -0.2) is 38.9 Å². The van der Waals surface area contributed by atoms with Crippen molar-refractivity contribution >= 4 is 55.7 Å². The van der Waals surface area contributed by atoms with Crippen LogP contribution in [0, 0.1) is 0 Å². The molecule has 0 unspecified atom stereocenters. The number of hydrogen-bond acceptors (Lipinski definition) is 6. The standard InChI is InChI=1S/C21H15BrN2.C14H10O2.C7H5BrO.C2H4O2.H3N/c22-18-14-8-7-13-17(18)21-23-19(15-9-3-1-4-10-15)20(24-21)16-11-5-2-6-12-16;15-13(11-7-3-1-4-8-11)14(16)12-9-5-2-6-10-12;8-7-4-2-1-3-6(7)5-9;1-2(3)4;/h1-14H,(H,23,24);1-10H;1-5H;1H3,(H,3,4);1H3. The first kappa shape index (κ1) is 42.3. The Kier molecular flexibility index (Phi) is 17.3. The SMILES string of the molecule is Brc1ccccc1-c1nc(-c2ccccc2)c(-c2ccccc2)[nH]1.CC(=O)O.N.O=C(C(=O)c1ccccc1)c1ccccc1.O=Cc1ccccc1Br. The Bertz CT molecular complexity index is 2140. The van der Waals surface area contributed by atoms with Crippen molar-refractivity contribution in [2.24, 2.45) is 0 Å². The van der Waals surface area contributed by atoms with E-state index in [9.17, 15) is 14.4 Å². The number of H-pyrrole nitrogens is 1. The highest BCUT2D eigenvalue weighted by Gasteiger charge is 2.18. The zero-order valence-electron chi connectivity index (χ0n) is 29.2. The van der Waals surface area contributed by atoms with Crippen molar-refractivity contribution in [3.05, 3.63) is 195 Å². The summed E-state index contributed by atoms with van der Waals surface area (Å²) in [5, 5.41) is 7.42. The number of aldehydes is 1. The smallest absolute Gasteiger partial charge is 0.300 e. The minimum Gasteiger partial charge on any atom is -0.481 e. The Morgan fingerprint density at radius 3 is 1.39 bits per heavy atom. The Morgan fingerprint density at radius 2 is 0.963 bits per heavy atom. The number of nitrogens with one attached hydrogen (secondary N) is 1. The van der Waals surface area contributed by atoms with Crippen molar-refractivity contribution in [3.8, 4) is 33.9 Å². The lowest BCUT2D eigenvalue weighted by molar-refractivity contribution is -0.134. The predicted octanol–water partition coefficient (Wildman–Crippen LogP) is 11.4. The summed E-state index contributed by atoms with van der Waals surface area (Å²) in [6.07, 6.45) is 0.823. The van der Waals surface area contributed by atoms with Gasteiger partial charge in [-0.25, -0.2) is 4.98 Å². The Morgan fingerprint density at radius 1 is 0.574 bits per heavy atom. The first-order valence-corrected chi connectivity index (χ1v) is 17.8. The van der Waals surface area contributed by atoms with Gasteiger partial charge >= 0.3 is 0 Å². The third kappa shape index (κ3) is 12.6. The van der Waals surface area contributed by atoms with Crippen molar-refractivity contribution in [2.45, 2.75) is 6.92 Å². The average molecular weight is 848 g/mol. The topological polar surface area (TPSA) is 152 Å². The van der Waals surface area contributed by atoms with E-state index in [1.165, 1.54) is 0 Å². The van der Waals surface area contributed by atoms with Crippen LogP contribution in [0.4, 0.5) is 0 Å². The zero-order chi connectivity index (χ0) is 38.0. The largest absolute Gasteiger partial charge is 0.481 e. The second kappa shape index (κ2) is 22.1. The number of imidazole rings is 1. The fourth-order valence-electron chi connectivity index (χ4n) is 4.78. The fourth-order valence-corrected chi connectivity index (χ4v) is 5.64. The summed E-state index contributed by atoms with van der Waals surface area (Å²) < 4.78 is 1.87. The van der Waals surface area contributed by atoms with Gasteiger partial charge in [-0.15, -0.1) is 0 Å². The van der Waals surface area contributed by atoms with Crippen molar-refractivity contribution in [1.29, 1.82) is 0 Å². The number of aliphatic carboxylic acids is 1. The lowest BCUT2D eigenvalue weighted by atomic mass is 10.0. The molecule has 8 nitrogen and oxygen atoms in total. The molecule has 1 aromatic heterocycles. The number of rotatable bonds is 7. The van der Waals surface area contributed by atoms with E-state index in [0.29, 0.717) is 16.7 Å². The number of carboxylic acid groups (broad SMARTS) is 1. The number of carboxylic acids is 1. The van der Waals surface area contributed by atoms with E-state index in [0.717, 1.165) is 56.1 Å². The van der Waals surface area contributed by atoms with Gasteiger partial charge < -0.3 is 16.2 Å². The maximum atomic E-state index is 11.8. The summed E-state index contributed by atoms with van der Waals surface area (Å²) in [6.45, 7) is 1.08. The van der Waals surface area contributed by atoms with Gasteiger partial charge in [0.05, 0.1) is 11.4 Å². The van der Waals surface area contributed by atoms with Crippen LogP contribution in [-0.2, 0) is 4.79 Å². The number of hydrogen-bond donors (Lipinski definition) is 3. The van der Waals surface area contributed by atoms with E-state index in [1.807, 2.05) is 84.9 Å². The summed E-state index contributed by atoms with van der Waals surface area (Å²) in [5.41, 5.74) is 6.83. The second-order valence-electron chi connectivity index (χ2n) is 11.1. The van der Waals surface area contributed by atoms with Gasteiger partial charge in [-0.1, -0.05) is 190 Å². The Labute approximate surface area is 330 Å². The van der Waals surface area contributed by atoms with Gasteiger partial charge in [-0.05, 0) is 12.1 Å². The third-order valence-electron chi connectivity index (χ3n) is 7.25. The number of halogens is 2. The minimum absolute atomic E-state index is 0. The molecule has 7 rings (SSSR count). The quantitative estimate of drug-likeness (QED) is 0.0820. The molecule has 0 amide bonds. The van der Waals surface area contributed by atoms with Crippen LogP contribution in [0.2, 0.25) is 0 Å². The monoisotopic (exact) mass is 845 g/mol. The van der Waals surface area contributed by atoms with E-state index < -0.39 is 17.5 Å². The molecular weight excluding hydrogens is 810 g/mol. The van der Waals surface area contributed by atoms with Crippen LogP contribution in [0.5, 0.6) is 0 Å². The first-order chi connectivity index (χ1) is 25.7. The molecule has 0 aliphatic rings. The average Bonchev–Trinajstić information content (AvgIpc) is 3.65. The molecule has 0 radical (unpaired) electrons. The molecule has 0 saturated heterocycles. The molecule has 0 aliphatic heterocycles. The van der Waals surface area contributed by atoms with Crippen LogP contribution < -0.4 is 6.15 Å². The number of nitrogens with zero attached hydrogens (tertiary/aromatic N) is 1. The van der Waals surface area contributed by atoms with E-state index in [4.69, 9.17) is 14.9 Å². The highest BCUT2D eigenvalue weighted by atomic mass is 79.9. The summed E-state index contributed by atoms with van der Waals surface area (Å²) in [4.78, 5) is 51.2. The lowest BCUT2D eigenvalue weighted by Crippen LogP contribution is -2.14. The number of benzene rings is 6. The molecule has 7 aromatic rings. The van der Waals surface area contributed by atoms with Gasteiger partial charge in [0.1, 0.15) is 5.82 Å². The number of aromatic amines is 1. The minimum atomic E-state index is -0.833. The number of carbonyl (C=O) groups is 4. The third-order valence-corrected chi connectivity index (χ3v) is 8.67. The van der Waals surface area contributed by atoms with E-state index in [1.54, 1.807) is 54.6 Å². The predicted molar refractivity (Wildman–Crippen MR) is 222 cm³/mol. The number of ketones is 2. The summed E-state index contributed by atoms with van der Waals surface area (Å²) in [6, 6.07) is 53.2. The molecule has 1 heterocycles. The zero-order valence-corrected chi connectivity index (χ0v) is 32.4. The Balaban J connectivity index is 0.000000225. The normalized spacial score (nSPS) is 9.61. The van der Waals surface area contributed by atoms with Crippen molar-refractivity contribution in [3.63, 3.8) is 0 Å². The van der Waals surface area contributed by atoms with Gasteiger partial charge in [0.25, 0.3) is 5.97 Å². The van der Waals surface area contributed by atoms with Crippen molar-refractivity contribution in [2.75, 3.05) is 0 Å².